The van der Waals surface area contributed by atoms with Gasteiger partial charge >= 0.3 is 5.97 Å². The Balaban J connectivity index is 1.88. The first-order valence-corrected chi connectivity index (χ1v) is 8.34. The summed E-state index contributed by atoms with van der Waals surface area (Å²) in [4.78, 5) is 24.6. The lowest BCUT2D eigenvalue weighted by Gasteiger charge is -2.07. The summed E-state index contributed by atoms with van der Waals surface area (Å²) in [6.07, 6.45) is 0. The summed E-state index contributed by atoms with van der Waals surface area (Å²) in [6, 6.07) is 14.6. The maximum Gasteiger partial charge on any atom is 0.338 e. The van der Waals surface area contributed by atoms with E-state index in [9.17, 15) is 9.59 Å². The van der Waals surface area contributed by atoms with Crippen molar-refractivity contribution in [3.8, 4) is 0 Å². The van der Waals surface area contributed by atoms with Gasteiger partial charge in [0.25, 0.3) is 0 Å². The number of carbonyl (C=O) groups excluding carboxylic acids is 2. The molecule has 0 fully saturated rings. The maximum absolute atomic E-state index is 12.0. The van der Waals surface area contributed by atoms with Gasteiger partial charge in [0.2, 0.25) is 5.91 Å². The van der Waals surface area contributed by atoms with Crippen LogP contribution in [0, 0.1) is 6.92 Å². The second kappa shape index (κ2) is 8.39. The van der Waals surface area contributed by atoms with Gasteiger partial charge in [0, 0.05) is 10.6 Å². The van der Waals surface area contributed by atoms with Gasteiger partial charge in [-0.2, -0.15) is 0 Å². The molecule has 0 saturated carbocycles. The highest BCUT2D eigenvalue weighted by atomic mass is 32.2. The second-order valence-electron chi connectivity index (χ2n) is 4.90. The van der Waals surface area contributed by atoms with Crippen molar-refractivity contribution in [3.05, 3.63) is 59.7 Å². The molecule has 0 spiro atoms. The molecule has 23 heavy (non-hydrogen) atoms. The molecule has 2 aromatic rings. The highest BCUT2D eigenvalue weighted by Gasteiger charge is 2.08. The number of carbonyl (C=O) groups is 2. The Morgan fingerprint density at radius 3 is 2.43 bits per heavy atom. The number of anilines is 1. The summed E-state index contributed by atoms with van der Waals surface area (Å²) in [5.41, 5.74) is 2.29. The Morgan fingerprint density at radius 1 is 1.09 bits per heavy atom. The average molecular weight is 329 g/mol. The van der Waals surface area contributed by atoms with Crippen LogP contribution in [0.25, 0.3) is 0 Å². The largest absolute Gasteiger partial charge is 0.462 e. The minimum atomic E-state index is -0.361. The smallest absolute Gasteiger partial charge is 0.338 e. The van der Waals surface area contributed by atoms with Crippen LogP contribution in [0.2, 0.25) is 0 Å². The van der Waals surface area contributed by atoms with Gasteiger partial charge in [-0.15, -0.1) is 11.8 Å². The number of rotatable bonds is 6. The zero-order chi connectivity index (χ0) is 16.7. The predicted octanol–water partition coefficient (Wildman–Crippen LogP) is 3.90. The molecule has 0 aromatic heterocycles. The summed E-state index contributed by atoms with van der Waals surface area (Å²) in [7, 11) is 0. The van der Waals surface area contributed by atoms with E-state index in [0.29, 0.717) is 23.6 Å². The fourth-order valence-electron chi connectivity index (χ4n) is 1.96. The quantitative estimate of drug-likeness (QED) is 0.645. The van der Waals surface area contributed by atoms with E-state index >= 15 is 0 Å². The van der Waals surface area contributed by atoms with E-state index in [2.05, 4.69) is 5.32 Å². The SMILES string of the molecule is CCOC(=O)c1ccc(NC(=O)CSc2ccccc2C)cc1. The van der Waals surface area contributed by atoms with Crippen LogP contribution in [0.1, 0.15) is 22.8 Å². The zero-order valence-corrected chi connectivity index (χ0v) is 14.0. The van der Waals surface area contributed by atoms with Crippen LogP contribution in [0.3, 0.4) is 0 Å². The highest BCUT2D eigenvalue weighted by molar-refractivity contribution is 8.00. The Morgan fingerprint density at radius 2 is 1.78 bits per heavy atom. The molecule has 0 aliphatic heterocycles. The van der Waals surface area contributed by atoms with Gasteiger partial charge in [-0.25, -0.2) is 4.79 Å². The number of thioether (sulfide) groups is 1. The van der Waals surface area contributed by atoms with Gasteiger partial charge in [0.05, 0.1) is 17.9 Å². The third-order valence-corrected chi connectivity index (χ3v) is 4.31. The molecule has 0 aliphatic carbocycles. The Kier molecular flexibility index (Phi) is 6.23. The summed E-state index contributed by atoms with van der Waals surface area (Å²) in [6.45, 7) is 4.13. The molecule has 0 saturated heterocycles. The number of esters is 1. The Bertz CT molecular complexity index is 683. The van der Waals surface area contributed by atoms with Crippen molar-refractivity contribution >= 4 is 29.3 Å². The lowest BCUT2D eigenvalue weighted by Crippen LogP contribution is -2.14. The van der Waals surface area contributed by atoms with Crippen molar-refractivity contribution in [1.29, 1.82) is 0 Å². The van der Waals surface area contributed by atoms with Crippen LogP contribution in [0.15, 0.2) is 53.4 Å². The first-order chi connectivity index (χ1) is 11.1. The van der Waals surface area contributed by atoms with Crippen LogP contribution >= 0.6 is 11.8 Å². The highest BCUT2D eigenvalue weighted by Crippen LogP contribution is 2.22. The minimum absolute atomic E-state index is 0.0814. The molecule has 5 heteroatoms. The first-order valence-electron chi connectivity index (χ1n) is 7.35. The molecular formula is C18H19NO3S. The molecule has 4 nitrogen and oxygen atoms in total. The second-order valence-corrected chi connectivity index (χ2v) is 5.92. The predicted molar refractivity (Wildman–Crippen MR) is 92.9 cm³/mol. The molecule has 0 bridgehead atoms. The van der Waals surface area contributed by atoms with Gasteiger partial charge in [0.1, 0.15) is 0 Å². The Hall–Kier alpha value is -2.27. The monoisotopic (exact) mass is 329 g/mol. The number of amides is 1. The van der Waals surface area contributed by atoms with Crippen LogP contribution in [0.4, 0.5) is 5.69 Å². The number of aryl methyl sites for hydroxylation is 1. The van der Waals surface area contributed by atoms with E-state index in [1.165, 1.54) is 11.8 Å². The van der Waals surface area contributed by atoms with E-state index in [0.717, 1.165) is 10.5 Å². The number of benzene rings is 2. The van der Waals surface area contributed by atoms with E-state index in [1.54, 1.807) is 31.2 Å². The van der Waals surface area contributed by atoms with Crippen molar-refractivity contribution in [2.75, 3.05) is 17.7 Å². The van der Waals surface area contributed by atoms with E-state index in [-0.39, 0.29) is 11.9 Å². The number of nitrogens with one attached hydrogen (secondary N) is 1. The van der Waals surface area contributed by atoms with Crippen LogP contribution < -0.4 is 5.32 Å². The summed E-state index contributed by atoms with van der Waals surface area (Å²) < 4.78 is 4.92. The molecule has 0 radical (unpaired) electrons. The number of hydrogen-bond donors (Lipinski definition) is 1. The molecule has 1 amide bonds. The fraction of sp³-hybridized carbons (Fsp3) is 0.222. The molecule has 2 aromatic carbocycles. The van der Waals surface area contributed by atoms with E-state index < -0.39 is 0 Å². The van der Waals surface area contributed by atoms with Gasteiger partial charge in [-0.05, 0) is 49.7 Å². The van der Waals surface area contributed by atoms with Crippen molar-refractivity contribution < 1.29 is 14.3 Å². The molecule has 0 heterocycles. The normalized spacial score (nSPS) is 10.2. The third kappa shape index (κ3) is 5.14. The standard InChI is InChI=1S/C18H19NO3S/c1-3-22-18(21)14-8-10-15(11-9-14)19-17(20)12-23-16-7-5-4-6-13(16)2/h4-11H,3,12H2,1-2H3,(H,19,20). The topological polar surface area (TPSA) is 55.4 Å². The molecule has 120 valence electrons. The van der Waals surface area contributed by atoms with Crippen molar-refractivity contribution in [2.45, 2.75) is 18.7 Å². The molecule has 1 N–H and O–H groups in total. The summed E-state index contributed by atoms with van der Waals surface area (Å²) in [5, 5.41) is 2.82. The number of hydrogen-bond acceptors (Lipinski definition) is 4. The van der Waals surface area contributed by atoms with Crippen molar-refractivity contribution in [3.63, 3.8) is 0 Å². The molecule has 0 unspecified atom stereocenters. The lowest BCUT2D eigenvalue weighted by molar-refractivity contribution is -0.113. The van der Waals surface area contributed by atoms with Crippen molar-refractivity contribution in [2.24, 2.45) is 0 Å². The first kappa shape index (κ1) is 17.1. The molecule has 0 aliphatic rings. The fourth-order valence-corrected chi connectivity index (χ4v) is 2.79. The van der Waals surface area contributed by atoms with Crippen LogP contribution in [-0.2, 0) is 9.53 Å². The van der Waals surface area contributed by atoms with Gasteiger partial charge in [-0.1, -0.05) is 18.2 Å². The summed E-state index contributed by atoms with van der Waals surface area (Å²) >= 11 is 1.50. The van der Waals surface area contributed by atoms with Crippen LogP contribution in [0.5, 0.6) is 0 Å². The van der Waals surface area contributed by atoms with Gasteiger partial charge < -0.3 is 10.1 Å². The third-order valence-electron chi connectivity index (χ3n) is 3.13. The van der Waals surface area contributed by atoms with Gasteiger partial charge in [-0.3, -0.25) is 4.79 Å². The molecule has 2 rings (SSSR count). The minimum Gasteiger partial charge on any atom is -0.462 e. The Labute approximate surface area is 140 Å². The van der Waals surface area contributed by atoms with Crippen LogP contribution in [-0.4, -0.2) is 24.2 Å². The lowest BCUT2D eigenvalue weighted by atomic mass is 10.2. The maximum atomic E-state index is 12.0. The molecule has 0 atom stereocenters. The van der Waals surface area contributed by atoms with E-state index in [4.69, 9.17) is 4.74 Å². The molecular weight excluding hydrogens is 310 g/mol. The van der Waals surface area contributed by atoms with Gasteiger partial charge in [0.15, 0.2) is 0 Å². The zero-order valence-electron chi connectivity index (χ0n) is 13.2. The van der Waals surface area contributed by atoms with Crippen molar-refractivity contribution in [1.82, 2.24) is 0 Å². The number of ether oxygens (including phenoxy) is 1. The summed E-state index contributed by atoms with van der Waals surface area (Å²) in [5.74, 6) is -0.104. The van der Waals surface area contributed by atoms with E-state index in [1.807, 2.05) is 31.2 Å². The average Bonchev–Trinajstić information content (AvgIpc) is 2.55.